The first kappa shape index (κ1) is 21.4. The zero-order valence-corrected chi connectivity index (χ0v) is 17.9. The largest absolute Gasteiger partial charge is 0.326 e. The summed E-state index contributed by atoms with van der Waals surface area (Å²) in [5.74, 6) is -0.434. The molecule has 1 fully saturated rings. The van der Waals surface area contributed by atoms with Crippen molar-refractivity contribution in [3.63, 3.8) is 0 Å². The molecule has 9 heteroatoms. The molecule has 0 atom stereocenters. The molecule has 2 aromatic rings. The van der Waals surface area contributed by atoms with Crippen molar-refractivity contribution >= 4 is 69.0 Å². The van der Waals surface area contributed by atoms with Gasteiger partial charge in [-0.25, -0.2) is 0 Å². The van der Waals surface area contributed by atoms with E-state index in [4.69, 9.17) is 18.0 Å². The van der Waals surface area contributed by atoms with Crippen molar-refractivity contribution in [3.8, 4) is 0 Å². The van der Waals surface area contributed by atoms with Gasteiger partial charge in [0.25, 0.3) is 5.91 Å². The Morgan fingerprint density at radius 3 is 2.62 bits per heavy atom. The van der Waals surface area contributed by atoms with Crippen LogP contribution < -0.4 is 11.1 Å². The third kappa shape index (κ3) is 5.60. The molecule has 1 aliphatic rings. The van der Waals surface area contributed by atoms with Crippen LogP contribution in [0.25, 0.3) is 6.08 Å². The fourth-order valence-corrected chi connectivity index (χ4v) is 4.71. The molecule has 0 saturated carbocycles. The van der Waals surface area contributed by atoms with Gasteiger partial charge in [-0.1, -0.05) is 30.0 Å². The molecule has 1 aromatic heterocycles. The number of Topliss-reactive ketones (excluding diaryl/α,β-unsaturated/α-hetero) is 1. The van der Waals surface area contributed by atoms with E-state index in [9.17, 15) is 14.4 Å². The molecule has 0 spiro atoms. The Kier molecular flexibility index (Phi) is 7.32. The number of nitrogens with one attached hydrogen (secondary N) is 1. The highest BCUT2D eigenvalue weighted by atomic mass is 32.2. The summed E-state index contributed by atoms with van der Waals surface area (Å²) in [6.45, 7) is 0.342. The van der Waals surface area contributed by atoms with E-state index in [2.05, 4.69) is 5.32 Å². The minimum Gasteiger partial charge on any atom is -0.326 e. The summed E-state index contributed by atoms with van der Waals surface area (Å²) in [5.41, 5.74) is 6.44. The van der Waals surface area contributed by atoms with Gasteiger partial charge in [0.2, 0.25) is 5.91 Å². The molecule has 0 unspecified atom stereocenters. The number of carbonyl (C=O) groups excluding carboxylic acids is 3. The lowest BCUT2D eigenvalue weighted by Crippen LogP contribution is -2.29. The summed E-state index contributed by atoms with van der Waals surface area (Å²) in [4.78, 5) is 39.4. The van der Waals surface area contributed by atoms with Gasteiger partial charge < -0.3 is 11.1 Å². The number of hydrogen-bond donors (Lipinski definition) is 2. The van der Waals surface area contributed by atoms with Gasteiger partial charge in [-0.3, -0.25) is 19.3 Å². The molecule has 150 valence electrons. The highest BCUT2D eigenvalue weighted by molar-refractivity contribution is 8.26. The molecule has 3 N–H and O–H groups in total. The number of thiocarbonyl (C=S) groups is 1. The standard InChI is InChI=1S/C20H19N3O3S3/c21-12-16(24)13-5-7-14(8-6-13)22-18(25)4-1-9-23-19(26)17(29-20(23)27)11-15-3-2-10-28-15/h2-3,5-8,10-11H,1,4,9,12,21H2,(H,22,25)/b17-11+. The smallest absolute Gasteiger partial charge is 0.266 e. The molecule has 6 nitrogen and oxygen atoms in total. The van der Waals surface area contributed by atoms with E-state index >= 15 is 0 Å². The summed E-state index contributed by atoms with van der Waals surface area (Å²) in [6, 6.07) is 10.5. The number of nitrogens with zero attached hydrogens (tertiary/aromatic N) is 1. The normalized spacial score (nSPS) is 15.2. The molecule has 2 heterocycles. The molecule has 2 amide bonds. The van der Waals surface area contributed by atoms with Crippen molar-refractivity contribution in [2.24, 2.45) is 5.73 Å². The van der Waals surface area contributed by atoms with Crippen LogP contribution in [0.1, 0.15) is 28.1 Å². The molecular weight excluding hydrogens is 426 g/mol. The second kappa shape index (κ2) is 9.93. The van der Waals surface area contributed by atoms with Gasteiger partial charge in [0.15, 0.2) is 5.78 Å². The Balaban J connectivity index is 1.48. The van der Waals surface area contributed by atoms with Gasteiger partial charge in [-0.15, -0.1) is 11.3 Å². The topological polar surface area (TPSA) is 92.5 Å². The molecule has 0 bridgehead atoms. The lowest BCUT2D eigenvalue weighted by molar-refractivity contribution is -0.122. The maximum Gasteiger partial charge on any atom is 0.266 e. The predicted molar refractivity (Wildman–Crippen MR) is 122 cm³/mol. The van der Waals surface area contributed by atoms with Crippen LogP contribution in [0.15, 0.2) is 46.7 Å². The number of ketones is 1. The first-order valence-electron chi connectivity index (χ1n) is 8.90. The molecule has 1 aliphatic heterocycles. The number of rotatable bonds is 8. The lowest BCUT2D eigenvalue weighted by Gasteiger charge is -2.14. The molecule has 1 aromatic carbocycles. The van der Waals surface area contributed by atoms with E-state index in [1.54, 1.807) is 40.5 Å². The van der Waals surface area contributed by atoms with Crippen molar-refractivity contribution < 1.29 is 14.4 Å². The molecular formula is C20H19N3O3S3. The number of carbonyl (C=O) groups is 3. The minimum atomic E-state index is -0.164. The van der Waals surface area contributed by atoms with E-state index in [1.165, 1.54) is 11.8 Å². The van der Waals surface area contributed by atoms with Crippen LogP contribution in [0, 0.1) is 0 Å². The third-order valence-electron chi connectivity index (χ3n) is 4.15. The first-order chi connectivity index (χ1) is 14.0. The van der Waals surface area contributed by atoms with E-state index in [0.29, 0.717) is 33.4 Å². The van der Waals surface area contributed by atoms with E-state index in [1.807, 2.05) is 23.6 Å². The second-order valence-electron chi connectivity index (χ2n) is 6.21. The highest BCUT2D eigenvalue weighted by Gasteiger charge is 2.31. The number of thioether (sulfide) groups is 1. The number of anilines is 1. The van der Waals surface area contributed by atoms with Crippen LogP contribution >= 0.6 is 35.3 Å². The molecule has 1 saturated heterocycles. The highest BCUT2D eigenvalue weighted by Crippen LogP contribution is 2.33. The van der Waals surface area contributed by atoms with Crippen LogP contribution in [0.2, 0.25) is 0 Å². The van der Waals surface area contributed by atoms with Gasteiger partial charge in [-0.05, 0) is 48.2 Å². The van der Waals surface area contributed by atoms with Crippen molar-refractivity contribution in [3.05, 3.63) is 57.1 Å². The average Bonchev–Trinajstić information content (AvgIpc) is 3.31. The van der Waals surface area contributed by atoms with Gasteiger partial charge >= 0.3 is 0 Å². The SMILES string of the molecule is NCC(=O)c1ccc(NC(=O)CCCN2C(=O)/C(=C\c3cccs3)SC2=S)cc1. The monoisotopic (exact) mass is 445 g/mol. The van der Waals surface area contributed by atoms with Gasteiger partial charge in [0, 0.05) is 29.1 Å². The summed E-state index contributed by atoms with van der Waals surface area (Å²) in [5, 5.41) is 4.73. The van der Waals surface area contributed by atoms with Crippen molar-refractivity contribution in [2.75, 3.05) is 18.4 Å². The summed E-state index contributed by atoms with van der Waals surface area (Å²) in [7, 11) is 0. The zero-order valence-electron chi connectivity index (χ0n) is 15.4. The Morgan fingerprint density at radius 2 is 1.97 bits per heavy atom. The number of amides is 2. The summed E-state index contributed by atoms with van der Waals surface area (Å²) < 4.78 is 0.512. The van der Waals surface area contributed by atoms with Gasteiger partial charge in [0.05, 0.1) is 11.4 Å². The van der Waals surface area contributed by atoms with Crippen molar-refractivity contribution in [1.29, 1.82) is 0 Å². The van der Waals surface area contributed by atoms with Crippen molar-refractivity contribution in [1.82, 2.24) is 4.90 Å². The van der Waals surface area contributed by atoms with Gasteiger partial charge in [-0.2, -0.15) is 0 Å². The Labute approximate surface area is 182 Å². The molecule has 0 aliphatic carbocycles. The average molecular weight is 446 g/mol. The fourth-order valence-electron chi connectivity index (χ4n) is 2.67. The van der Waals surface area contributed by atoms with Crippen LogP contribution in [0.5, 0.6) is 0 Å². The summed E-state index contributed by atoms with van der Waals surface area (Å²) in [6.07, 6.45) is 2.59. The van der Waals surface area contributed by atoms with Crippen molar-refractivity contribution in [2.45, 2.75) is 12.8 Å². The van der Waals surface area contributed by atoms with Crippen LogP contribution in [0.3, 0.4) is 0 Å². The maximum absolute atomic E-state index is 12.5. The number of hydrogen-bond acceptors (Lipinski definition) is 7. The first-order valence-corrected chi connectivity index (χ1v) is 11.0. The third-order valence-corrected chi connectivity index (χ3v) is 6.35. The molecule has 0 radical (unpaired) electrons. The van der Waals surface area contributed by atoms with Crippen LogP contribution in [0.4, 0.5) is 5.69 Å². The molecule has 3 rings (SSSR count). The van der Waals surface area contributed by atoms with Gasteiger partial charge in [0.1, 0.15) is 4.32 Å². The lowest BCUT2D eigenvalue weighted by atomic mass is 10.1. The zero-order chi connectivity index (χ0) is 20.8. The Bertz CT molecular complexity index is 953. The Hall–Kier alpha value is -2.33. The Morgan fingerprint density at radius 1 is 1.21 bits per heavy atom. The fraction of sp³-hybridized carbons (Fsp3) is 0.200. The predicted octanol–water partition coefficient (Wildman–Crippen LogP) is 3.51. The van der Waals surface area contributed by atoms with E-state index < -0.39 is 0 Å². The van der Waals surface area contributed by atoms with Crippen LogP contribution in [-0.4, -0.2) is 39.9 Å². The number of benzene rings is 1. The van der Waals surface area contributed by atoms with E-state index in [0.717, 1.165) is 4.88 Å². The quantitative estimate of drug-likeness (QED) is 0.367. The summed E-state index contributed by atoms with van der Waals surface area (Å²) >= 11 is 8.16. The molecule has 29 heavy (non-hydrogen) atoms. The minimum absolute atomic E-state index is 0.0503. The maximum atomic E-state index is 12.5. The number of thiophene rings is 1. The number of nitrogens with two attached hydrogens (primary N) is 1. The van der Waals surface area contributed by atoms with E-state index in [-0.39, 0.29) is 30.6 Å². The second-order valence-corrected chi connectivity index (χ2v) is 8.86. The van der Waals surface area contributed by atoms with Crippen LogP contribution in [-0.2, 0) is 9.59 Å².